The zero-order valence-electron chi connectivity index (χ0n) is 53.5. The number of carbonyl (C=O) groups excluding carboxylic acids is 2. The van der Waals surface area contributed by atoms with Crippen LogP contribution < -0.4 is 5.73 Å². The molecule has 81 heavy (non-hydrogen) atoms. The van der Waals surface area contributed by atoms with Crippen molar-refractivity contribution in [3.8, 4) is 0 Å². The maximum absolute atomic E-state index is 12.8. The monoisotopic (exact) mass is 1160 g/mol. The number of ether oxygens (including phenoxy) is 2. The lowest BCUT2D eigenvalue weighted by molar-refractivity contribution is -0.161. The fourth-order valence-electron chi connectivity index (χ4n) is 10.6. The predicted octanol–water partition coefficient (Wildman–Crippen LogP) is 22.9. The van der Waals surface area contributed by atoms with Crippen molar-refractivity contribution in [2.24, 2.45) is 5.73 Å². The Labute approximate surface area is 502 Å². The Kier molecular flexibility index (Phi) is 65.4. The highest BCUT2D eigenvalue weighted by atomic mass is 31.2. The molecule has 0 aliphatic heterocycles. The molecule has 0 aromatic rings. The Morgan fingerprint density at radius 2 is 0.679 bits per heavy atom. The number of unbranched alkanes of at least 4 members (excludes halogenated alkanes) is 46. The summed E-state index contributed by atoms with van der Waals surface area (Å²) in [5.74, 6) is -0.803. The molecular formula is C71H134NO8P. The van der Waals surface area contributed by atoms with Crippen molar-refractivity contribution in [2.75, 3.05) is 26.4 Å². The number of carbonyl (C=O) groups is 2. The van der Waals surface area contributed by atoms with Crippen LogP contribution in [0, 0.1) is 0 Å². The molecule has 0 spiro atoms. The molecule has 0 saturated carbocycles. The fourth-order valence-corrected chi connectivity index (χ4v) is 11.3. The molecule has 0 rings (SSSR count). The van der Waals surface area contributed by atoms with Gasteiger partial charge in [-0.15, -0.1) is 0 Å². The lowest BCUT2D eigenvalue weighted by atomic mass is 10.0. The van der Waals surface area contributed by atoms with Gasteiger partial charge in [0.25, 0.3) is 0 Å². The van der Waals surface area contributed by atoms with Crippen molar-refractivity contribution in [1.29, 1.82) is 0 Å². The van der Waals surface area contributed by atoms with Gasteiger partial charge in [-0.2, -0.15) is 0 Å². The molecule has 10 heteroatoms. The molecule has 0 bridgehead atoms. The first-order valence-corrected chi connectivity index (χ1v) is 36.6. The SMILES string of the molecule is CC/C=C\C/C=C\C/C=C\C/C=C\CCCCCCCCCCCCCCCCCCCCCCCCCCCCC(=O)OC(COC(=O)CCCCCCCCCCCCCCCCCCCCCCC)COP(=O)(O)OCCN. The van der Waals surface area contributed by atoms with E-state index in [0.717, 1.165) is 57.8 Å². The van der Waals surface area contributed by atoms with E-state index in [1.165, 1.54) is 270 Å². The maximum atomic E-state index is 12.8. The van der Waals surface area contributed by atoms with Gasteiger partial charge < -0.3 is 20.1 Å². The summed E-state index contributed by atoms with van der Waals surface area (Å²) >= 11 is 0. The second-order valence-corrected chi connectivity index (χ2v) is 25.2. The summed E-state index contributed by atoms with van der Waals surface area (Å²) < 4.78 is 33.2. The van der Waals surface area contributed by atoms with E-state index in [9.17, 15) is 19.0 Å². The molecule has 3 N–H and O–H groups in total. The zero-order valence-corrected chi connectivity index (χ0v) is 54.4. The summed E-state index contributed by atoms with van der Waals surface area (Å²) in [6.07, 6.45) is 85.1. The van der Waals surface area contributed by atoms with Gasteiger partial charge >= 0.3 is 19.8 Å². The minimum Gasteiger partial charge on any atom is -0.462 e. The van der Waals surface area contributed by atoms with Gasteiger partial charge in [0.2, 0.25) is 0 Å². The van der Waals surface area contributed by atoms with E-state index in [1.807, 2.05) is 0 Å². The summed E-state index contributed by atoms with van der Waals surface area (Å²) in [5.41, 5.74) is 5.40. The zero-order chi connectivity index (χ0) is 58.7. The Morgan fingerprint density at radius 3 is 1.01 bits per heavy atom. The van der Waals surface area contributed by atoms with Gasteiger partial charge in [-0.25, -0.2) is 4.57 Å². The number of esters is 2. The van der Waals surface area contributed by atoms with Crippen molar-refractivity contribution in [1.82, 2.24) is 0 Å². The molecular weight excluding hydrogens is 1030 g/mol. The van der Waals surface area contributed by atoms with E-state index in [4.69, 9.17) is 24.3 Å². The molecule has 0 aromatic heterocycles. The summed E-state index contributed by atoms with van der Waals surface area (Å²) in [5, 5.41) is 0. The predicted molar refractivity (Wildman–Crippen MR) is 349 cm³/mol. The van der Waals surface area contributed by atoms with Gasteiger partial charge in [0.15, 0.2) is 6.10 Å². The number of nitrogens with two attached hydrogens (primary N) is 1. The molecule has 2 atom stereocenters. The average molecular weight is 1160 g/mol. The van der Waals surface area contributed by atoms with E-state index >= 15 is 0 Å². The largest absolute Gasteiger partial charge is 0.472 e. The third-order valence-corrected chi connectivity index (χ3v) is 16.7. The number of rotatable bonds is 67. The van der Waals surface area contributed by atoms with Crippen molar-refractivity contribution < 1.29 is 37.6 Å². The van der Waals surface area contributed by atoms with Crippen molar-refractivity contribution in [2.45, 2.75) is 367 Å². The van der Waals surface area contributed by atoms with Crippen LogP contribution in [0.25, 0.3) is 0 Å². The van der Waals surface area contributed by atoms with Crippen molar-refractivity contribution in [3.63, 3.8) is 0 Å². The van der Waals surface area contributed by atoms with Gasteiger partial charge in [0.05, 0.1) is 13.2 Å². The minimum absolute atomic E-state index is 0.0566. The lowest BCUT2D eigenvalue weighted by Gasteiger charge is -2.19. The Hall–Kier alpha value is -2.03. The fraction of sp³-hybridized carbons (Fsp3) is 0.859. The minimum atomic E-state index is -4.39. The molecule has 0 aliphatic rings. The number of hydrogen-bond acceptors (Lipinski definition) is 8. The molecule has 9 nitrogen and oxygen atoms in total. The molecule has 2 unspecified atom stereocenters. The molecule has 0 aromatic carbocycles. The first-order valence-electron chi connectivity index (χ1n) is 35.1. The Bertz CT molecular complexity index is 1470. The highest BCUT2D eigenvalue weighted by Crippen LogP contribution is 2.43. The third-order valence-electron chi connectivity index (χ3n) is 15.7. The number of phosphoric ester groups is 1. The van der Waals surface area contributed by atoms with Crippen molar-refractivity contribution in [3.05, 3.63) is 48.6 Å². The molecule has 0 amide bonds. The van der Waals surface area contributed by atoms with E-state index in [-0.39, 0.29) is 38.6 Å². The topological polar surface area (TPSA) is 134 Å². The quantitative estimate of drug-likeness (QED) is 0.0264. The standard InChI is InChI=1S/C71H134NO8P/c1-3-5-7-9-11-13-15-17-19-21-23-25-26-27-28-29-30-31-32-33-34-35-36-37-38-39-40-41-42-44-46-48-50-52-54-56-58-60-62-64-71(74)80-69(68-79-81(75,76)78-66-65-72)67-77-70(73)63-61-59-57-55-53-51-49-47-45-43-24-22-20-18-16-14-12-10-8-6-4-2/h5,7,11,13,17,19,23,25,69H,3-4,6,8-10,12,14-16,18,20-22,24,26-68,72H2,1-2H3,(H,75,76)/b7-5-,13-11-,19-17-,25-23-. The van der Waals surface area contributed by atoms with E-state index in [0.29, 0.717) is 6.42 Å². The molecule has 476 valence electrons. The van der Waals surface area contributed by atoms with E-state index < -0.39 is 26.5 Å². The lowest BCUT2D eigenvalue weighted by Crippen LogP contribution is -2.29. The Morgan fingerprint density at radius 1 is 0.383 bits per heavy atom. The summed E-state index contributed by atoms with van der Waals surface area (Å²) in [7, 11) is -4.39. The first-order chi connectivity index (χ1) is 39.8. The van der Waals surface area contributed by atoms with Crippen LogP contribution in [0.1, 0.15) is 361 Å². The number of allylic oxidation sites excluding steroid dienone is 8. The highest BCUT2D eigenvalue weighted by molar-refractivity contribution is 7.47. The number of hydrogen-bond donors (Lipinski definition) is 2. The van der Waals surface area contributed by atoms with Crippen LogP contribution in [0.5, 0.6) is 0 Å². The van der Waals surface area contributed by atoms with Gasteiger partial charge in [0.1, 0.15) is 6.61 Å². The molecule has 0 saturated heterocycles. The van der Waals surface area contributed by atoms with Crippen LogP contribution in [0.15, 0.2) is 48.6 Å². The normalized spacial score (nSPS) is 13.2. The maximum Gasteiger partial charge on any atom is 0.472 e. The van der Waals surface area contributed by atoms with Gasteiger partial charge in [-0.1, -0.05) is 345 Å². The number of phosphoric acid groups is 1. The van der Waals surface area contributed by atoms with Crippen LogP contribution in [0.3, 0.4) is 0 Å². The van der Waals surface area contributed by atoms with Crippen LogP contribution in [0.2, 0.25) is 0 Å². The summed E-state index contributed by atoms with van der Waals surface area (Å²) in [6.45, 7) is 3.70. The van der Waals surface area contributed by atoms with Crippen LogP contribution in [0.4, 0.5) is 0 Å². The molecule has 0 heterocycles. The molecule has 0 fully saturated rings. The van der Waals surface area contributed by atoms with Gasteiger partial charge in [-0.05, 0) is 51.4 Å². The second kappa shape index (κ2) is 67.1. The second-order valence-electron chi connectivity index (χ2n) is 23.7. The summed E-state index contributed by atoms with van der Waals surface area (Å²) in [6, 6.07) is 0. The molecule has 0 radical (unpaired) electrons. The van der Waals surface area contributed by atoms with Gasteiger partial charge in [0, 0.05) is 19.4 Å². The van der Waals surface area contributed by atoms with Crippen molar-refractivity contribution >= 4 is 19.8 Å². The Balaban J connectivity index is 3.76. The highest BCUT2D eigenvalue weighted by Gasteiger charge is 2.26. The van der Waals surface area contributed by atoms with Crippen LogP contribution in [-0.2, 0) is 32.7 Å². The van der Waals surface area contributed by atoms with E-state index in [1.54, 1.807) is 0 Å². The smallest absolute Gasteiger partial charge is 0.462 e. The van der Waals surface area contributed by atoms with Crippen LogP contribution >= 0.6 is 7.82 Å². The first kappa shape index (κ1) is 79.0. The third kappa shape index (κ3) is 67.0. The summed E-state index contributed by atoms with van der Waals surface area (Å²) in [4.78, 5) is 35.3. The van der Waals surface area contributed by atoms with Gasteiger partial charge in [-0.3, -0.25) is 18.6 Å². The van der Waals surface area contributed by atoms with Crippen LogP contribution in [-0.4, -0.2) is 49.3 Å². The molecule has 0 aliphatic carbocycles. The average Bonchev–Trinajstić information content (AvgIpc) is 3.46. The van der Waals surface area contributed by atoms with E-state index in [2.05, 4.69) is 62.5 Å².